The van der Waals surface area contributed by atoms with Crippen LogP contribution in [-0.2, 0) is 19.4 Å². The van der Waals surface area contributed by atoms with Crippen molar-refractivity contribution >= 4 is 23.3 Å². The maximum absolute atomic E-state index is 11.5. The molecule has 1 unspecified atom stereocenters. The number of hydrogen-bond acceptors (Lipinski definition) is 8. The van der Waals surface area contributed by atoms with Crippen LogP contribution in [0.4, 0.5) is 17.1 Å². The molecule has 0 fully saturated rings. The molecule has 130 valence electrons. The molecule has 1 aliphatic heterocycles. The second-order valence-corrected chi connectivity index (χ2v) is 6.50. The number of nitro benzene ring substituents is 1. The van der Waals surface area contributed by atoms with E-state index in [-0.39, 0.29) is 10.6 Å². The molecule has 0 amide bonds. The van der Waals surface area contributed by atoms with Gasteiger partial charge in [0, 0.05) is 24.4 Å². The molecule has 10 nitrogen and oxygen atoms in total. The first-order valence-electron chi connectivity index (χ1n) is 8.12. The van der Waals surface area contributed by atoms with Crippen LogP contribution in [0, 0.1) is 16.0 Å². The third-order valence-electron chi connectivity index (χ3n) is 4.65. The summed E-state index contributed by atoms with van der Waals surface area (Å²) in [6.45, 7) is 1.98. The highest BCUT2D eigenvalue weighted by Crippen LogP contribution is 2.45. The first kappa shape index (κ1) is 15.6. The summed E-state index contributed by atoms with van der Waals surface area (Å²) in [5.41, 5.74) is 3.64. The van der Waals surface area contributed by atoms with Gasteiger partial charge in [-0.15, -0.1) is 10.2 Å². The van der Waals surface area contributed by atoms with Crippen LogP contribution in [0.5, 0.6) is 0 Å². The number of fused-ring (bicyclic) bond motifs is 3. The monoisotopic (exact) mass is 342 g/mol. The average Bonchev–Trinajstić information content (AvgIpc) is 3.23. The Labute approximate surface area is 143 Å². The number of aromatic nitrogens is 4. The van der Waals surface area contributed by atoms with Crippen LogP contribution in [0.15, 0.2) is 11.1 Å². The van der Waals surface area contributed by atoms with E-state index in [1.54, 1.807) is 6.07 Å². The lowest BCUT2D eigenvalue weighted by atomic mass is 10.0. The summed E-state index contributed by atoms with van der Waals surface area (Å²) in [6, 6.07) is 1.62. The molecule has 0 bridgehead atoms. The molecule has 2 heterocycles. The van der Waals surface area contributed by atoms with Gasteiger partial charge in [0.15, 0.2) is 5.82 Å². The van der Waals surface area contributed by atoms with Gasteiger partial charge in [-0.25, -0.2) is 0 Å². The maximum Gasteiger partial charge on any atom is 0.275 e. The molecule has 2 N–H and O–H groups in total. The van der Waals surface area contributed by atoms with E-state index < -0.39 is 0 Å². The number of nitrogens with zero attached hydrogens (tertiary/aromatic N) is 6. The summed E-state index contributed by atoms with van der Waals surface area (Å²) in [6.07, 6.45) is 3.28. The zero-order valence-corrected chi connectivity index (χ0v) is 13.8. The molecule has 1 aromatic heterocycles. The van der Waals surface area contributed by atoms with Crippen LogP contribution in [0.25, 0.3) is 0 Å². The molecular weight excluding hydrogens is 324 g/mol. The Hall–Kier alpha value is -2.88. The van der Waals surface area contributed by atoms with Crippen molar-refractivity contribution in [3.05, 3.63) is 33.1 Å². The van der Waals surface area contributed by atoms with Crippen molar-refractivity contribution in [1.82, 2.24) is 25.5 Å². The van der Waals surface area contributed by atoms with E-state index in [2.05, 4.69) is 35.8 Å². The van der Waals surface area contributed by atoms with Crippen molar-refractivity contribution in [1.29, 1.82) is 0 Å². The topological polar surface area (TPSA) is 125 Å². The Kier molecular flexibility index (Phi) is 3.88. The Morgan fingerprint density at radius 1 is 1.40 bits per heavy atom. The summed E-state index contributed by atoms with van der Waals surface area (Å²) in [7, 11) is 1.99. The Balaban J connectivity index is 1.56. The van der Waals surface area contributed by atoms with Crippen LogP contribution in [0.2, 0.25) is 0 Å². The molecule has 1 atom stereocenters. The minimum atomic E-state index is -0.287. The molecule has 0 saturated carbocycles. The lowest BCUT2D eigenvalue weighted by molar-refractivity contribution is -0.385. The zero-order valence-electron chi connectivity index (χ0n) is 13.8. The number of hydrogen-bond donors (Lipinski definition) is 2. The highest BCUT2D eigenvalue weighted by molar-refractivity contribution is 5.85. The lowest BCUT2D eigenvalue weighted by Gasteiger charge is -2.19. The fourth-order valence-electron chi connectivity index (χ4n) is 3.71. The van der Waals surface area contributed by atoms with Crippen molar-refractivity contribution in [3.8, 4) is 0 Å². The van der Waals surface area contributed by atoms with Gasteiger partial charge in [0.1, 0.15) is 0 Å². The third-order valence-corrected chi connectivity index (χ3v) is 4.65. The van der Waals surface area contributed by atoms with Crippen LogP contribution in [-0.4, -0.2) is 56.8 Å². The number of nitro groups is 1. The summed E-state index contributed by atoms with van der Waals surface area (Å²) in [5.74, 6) is 0.935. The number of benzene rings is 1. The van der Waals surface area contributed by atoms with Crippen LogP contribution in [0.1, 0.15) is 17.0 Å². The molecule has 0 radical (unpaired) electrons. The van der Waals surface area contributed by atoms with E-state index in [0.717, 1.165) is 35.5 Å². The van der Waals surface area contributed by atoms with Crippen molar-refractivity contribution in [2.75, 3.05) is 25.5 Å². The molecule has 2 aromatic rings. The smallest absolute Gasteiger partial charge is 0.275 e. The van der Waals surface area contributed by atoms with Gasteiger partial charge >= 0.3 is 0 Å². The Bertz CT molecular complexity index is 833. The van der Waals surface area contributed by atoms with Gasteiger partial charge in [0.05, 0.1) is 29.4 Å². The molecule has 0 spiro atoms. The van der Waals surface area contributed by atoms with Gasteiger partial charge in [0.25, 0.3) is 5.69 Å². The van der Waals surface area contributed by atoms with Crippen molar-refractivity contribution in [2.45, 2.75) is 19.4 Å². The minimum absolute atomic E-state index is 0.196. The number of aromatic amines is 1. The van der Waals surface area contributed by atoms with Gasteiger partial charge in [-0.1, -0.05) is 5.21 Å². The number of anilines is 1. The van der Waals surface area contributed by atoms with Crippen molar-refractivity contribution in [3.63, 3.8) is 0 Å². The molecule has 4 rings (SSSR count). The molecule has 1 aliphatic carbocycles. The van der Waals surface area contributed by atoms with Gasteiger partial charge in [-0.05, 0) is 31.4 Å². The predicted octanol–water partition coefficient (Wildman–Crippen LogP) is 1.08. The second-order valence-electron chi connectivity index (χ2n) is 6.50. The summed E-state index contributed by atoms with van der Waals surface area (Å²) in [5, 5.41) is 28.6. The van der Waals surface area contributed by atoms with Crippen molar-refractivity contribution in [2.24, 2.45) is 10.9 Å². The molecule has 1 aromatic carbocycles. The largest absolute Gasteiger partial charge is 0.378 e. The van der Waals surface area contributed by atoms with Gasteiger partial charge in [-0.2, -0.15) is 5.21 Å². The Morgan fingerprint density at radius 2 is 2.24 bits per heavy atom. The van der Waals surface area contributed by atoms with Gasteiger partial charge in [0.2, 0.25) is 0 Å². The van der Waals surface area contributed by atoms with Crippen LogP contribution >= 0.6 is 0 Å². The highest BCUT2D eigenvalue weighted by atomic mass is 16.6. The van der Waals surface area contributed by atoms with E-state index in [1.807, 2.05) is 13.3 Å². The number of nitrogens with one attached hydrogen (secondary N) is 2. The van der Waals surface area contributed by atoms with E-state index in [0.29, 0.717) is 31.3 Å². The van der Waals surface area contributed by atoms with E-state index in [4.69, 9.17) is 0 Å². The molecule has 10 heteroatoms. The molecule has 25 heavy (non-hydrogen) atoms. The van der Waals surface area contributed by atoms with Crippen LogP contribution < -0.4 is 5.32 Å². The average molecular weight is 342 g/mol. The molecule has 0 saturated heterocycles. The van der Waals surface area contributed by atoms with Gasteiger partial charge in [-0.3, -0.25) is 20.0 Å². The van der Waals surface area contributed by atoms with Gasteiger partial charge < -0.3 is 5.32 Å². The second kappa shape index (κ2) is 6.20. The van der Waals surface area contributed by atoms with E-state index in [9.17, 15) is 10.1 Å². The van der Waals surface area contributed by atoms with E-state index >= 15 is 0 Å². The standard InChI is InChI=1S/C15H18N8O2/c1-22(8-14-18-20-21-19-14)7-9-4-10-11(5-9)15-12(16-2-3-17-15)6-13(10)23(24)25/h3,6,9,16H,2,4-5,7-8H2,1H3,(H,18,19,20,21). The minimum Gasteiger partial charge on any atom is -0.378 e. The SMILES string of the molecule is CN(Cc1nn[nH]n1)CC1Cc2c([N+](=O)[O-])cc3c(c2C1)N=CCN3. The van der Waals surface area contributed by atoms with Crippen LogP contribution in [0.3, 0.4) is 0 Å². The maximum atomic E-state index is 11.5. The third kappa shape index (κ3) is 2.95. The molecule has 2 aliphatic rings. The van der Waals surface area contributed by atoms with Crippen molar-refractivity contribution < 1.29 is 4.92 Å². The fraction of sp³-hybridized carbons (Fsp3) is 0.467. The molecular formula is C15H18N8O2. The summed E-state index contributed by atoms with van der Waals surface area (Å²) < 4.78 is 0. The number of tetrazole rings is 1. The normalized spacial score (nSPS) is 18.1. The first-order valence-corrected chi connectivity index (χ1v) is 8.12. The quantitative estimate of drug-likeness (QED) is 0.615. The number of aliphatic imine (C=N–C) groups is 1. The lowest BCUT2D eigenvalue weighted by Crippen LogP contribution is -2.26. The first-order chi connectivity index (χ1) is 12.1. The zero-order chi connectivity index (χ0) is 17.4. The predicted molar refractivity (Wildman–Crippen MR) is 91.1 cm³/mol. The highest BCUT2D eigenvalue weighted by Gasteiger charge is 2.33. The van der Waals surface area contributed by atoms with E-state index in [1.165, 1.54) is 0 Å². The summed E-state index contributed by atoms with van der Waals surface area (Å²) in [4.78, 5) is 17.8. The number of rotatable bonds is 5. The Morgan fingerprint density at radius 3 is 3.00 bits per heavy atom. The summed E-state index contributed by atoms with van der Waals surface area (Å²) >= 11 is 0. The number of H-pyrrole nitrogens is 1. The fourth-order valence-corrected chi connectivity index (χ4v) is 3.71.